The van der Waals surface area contributed by atoms with Crippen molar-refractivity contribution in [2.75, 3.05) is 32.0 Å². The van der Waals surface area contributed by atoms with Gasteiger partial charge < -0.3 is 24.9 Å². The number of nitrogens with zero attached hydrogens (tertiary/aromatic N) is 5. The number of H-pyrrole nitrogens is 1. The lowest BCUT2D eigenvalue weighted by Gasteiger charge is -2.38. The van der Waals surface area contributed by atoms with Gasteiger partial charge in [-0.05, 0) is 24.7 Å². The van der Waals surface area contributed by atoms with E-state index in [-0.39, 0.29) is 6.04 Å². The molecule has 0 saturated carbocycles. The number of piperazine rings is 1. The Hall–Kier alpha value is -4.20. The Morgan fingerprint density at radius 2 is 1.90 bits per heavy atom. The Morgan fingerprint density at radius 3 is 2.51 bits per heavy atom. The number of imidazole rings is 2. The monoisotopic (exact) mass is 549 g/mol. The van der Waals surface area contributed by atoms with Gasteiger partial charge in [0.15, 0.2) is 0 Å². The highest BCUT2D eigenvalue weighted by atomic mass is 19.4. The number of aromatic amines is 1. The molecule has 0 aliphatic carbocycles. The third-order valence-corrected chi connectivity index (χ3v) is 6.01. The van der Waals surface area contributed by atoms with Crippen molar-refractivity contribution < 1.29 is 32.7 Å². The number of carbonyl (C=O) groups is 3. The standard InChI is InChI=1S/C23H29N7O2.C2HF3O2/c1-16(2)21-26-9-10-29(21)14-17-5-4-6-18(13-17)27-22(31)23(32)30-12-11-28(3)19(15-30)20-24-7-8-25-20;3-2(4,5)1(6)7/h4-10,13,16,19H,11-12,14-15H2,1-3H3,(H,24,25)(H,27,31);(H,6,7). The Bertz CT molecular complexity index is 1270. The van der Waals surface area contributed by atoms with Crippen molar-refractivity contribution in [3.63, 3.8) is 0 Å². The first-order valence-electron chi connectivity index (χ1n) is 12.1. The van der Waals surface area contributed by atoms with Crippen LogP contribution < -0.4 is 5.32 Å². The fraction of sp³-hybridized carbons (Fsp3) is 0.400. The van der Waals surface area contributed by atoms with E-state index >= 15 is 0 Å². The van der Waals surface area contributed by atoms with E-state index in [1.807, 2.05) is 31.4 Å². The largest absolute Gasteiger partial charge is 0.490 e. The predicted octanol–water partition coefficient (Wildman–Crippen LogP) is 2.86. The fourth-order valence-electron chi connectivity index (χ4n) is 4.04. The molecular weight excluding hydrogens is 519 g/mol. The normalized spacial score (nSPS) is 16.0. The van der Waals surface area contributed by atoms with Crippen LogP contribution in [0.3, 0.4) is 0 Å². The number of benzene rings is 1. The molecule has 0 bridgehead atoms. The summed E-state index contributed by atoms with van der Waals surface area (Å²) in [5.74, 6) is -1.80. The van der Waals surface area contributed by atoms with E-state index in [9.17, 15) is 22.8 Å². The molecule has 1 aliphatic rings. The van der Waals surface area contributed by atoms with Gasteiger partial charge in [0.25, 0.3) is 0 Å². The van der Waals surface area contributed by atoms with Crippen molar-refractivity contribution in [2.45, 2.75) is 38.5 Å². The molecule has 2 amide bonds. The summed E-state index contributed by atoms with van der Waals surface area (Å²) in [4.78, 5) is 50.0. The quantitative estimate of drug-likeness (QED) is 0.417. The molecule has 210 valence electrons. The highest BCUT2D eigenvalue weighted by Gasteiger charge is 2.38. The third-order valence-electron chi connectivity index (χ3n) is 6.01. The van der Waals surface area contributed by atoms with E-state index in [1.165, 1.54) is 0 Å². The number of rotatable bonds is 5. The number of aromatic nitrogens is 4. The summed E-state index contributed by atoms with van der Waals surface area (Å²) in [5, 5.41) is 9.89. The number of hydrogen-bond donors (Lipinski definition) is 3. The topological polar surface area (TPSA) is 136 Å². The van der Waals surface area contributed by atoms with Gasteiger partial charge in [0.1, 0.15) is 11.6 Å². The van der Waals surface area contributed by atoms with Crippen molar-refractivity contribution >= 4 is 23.5 Å². The molecule has 14 heteroatoms. The van der Waals surface area contributed by atoms with Gasteiger partial charge in [0.2, 0.25) is 0 Å². The van der Waals surface area contributed by atoms with Gasteiger partial charge in [0.05, 0.1) is 6.04 Å². The summed E-state index contributed by atoms with van der Waals surface area (Å²) in [7, 11) is 1.99. The summed E-state index contributed by atoms with van der Waals surface area (Å²) in [5.41, 5.74) is 1.62. The maximum absolute atomic E-state index is 12.8. The summed E-state index contributed by atoms with van der Waals surface area (Å²) in [6.07, 6.45) is 2.12. The number of aliphatic carboxylic acids is 1. The molecule has 1 saturated heterocycles. The van der Waals surface area contributed by atoms with Gasteiger partial charge in [-0.3, -0.25) is 14.5 Å². The summed E-state index contributed by atoms with van der Waals surface area (Å²) in [6, 6.07) is 7.50. The molecule has 11 nitrogen and oxygen atoms in total. The number of hydrogen-bond acceptors (Lipinski definition) is 6. The van der Waals surface area contributed by atoms with Gasteiger partial charge in [-0.1, -0.05) is 26.0 Å². The highest BCUT2D eigenvalue weighted by Crippen LogP contribution is 2.22. The Kier molecular flexibility index (Phi) is 9.46. The summed E-state index contributed by atoms with van der Waals surface area (Å²) >= 11 is 0. The van der Waals surface area contributed by atoms with Gasteiger partial charge >= 0.3 is 24.0 Å². The molecule has 2 aromatic heterocycles. The van der Waals surface area contributed by atoms with E-state index in [0.29, 0.717) is 37.8 Å². The molecule has 1 unspecified atom stereocenters. The Labute approximate surface area is 222 Å². The first-order valence-corrected chi connectivity index (χ1v) is 12.1. The number of likely N-dealkylation sites (N-methyl/N-ethyl adjacent to an activating group) is 1. The SMILES string of the molecule is CC(C)c1nccn1Cc1cccc(NC(=O)C(=O)N2CCN(C)C(c3ncc[nH]3)C2)c1.O=C(O)C(F)(F)F. The van der Waals surface area contributed by atoms with Crippen LogP contribution in [0, 0.1) is 0 Å². The predicted molar refractivity (Wildman–Crippen MR) is 135 cm³/mol. The molecule has 3 heterocycles. The molecule has 1 fully saturated rings. The third kappa shape index (κ3) is 7.89. The zero-order valence-corrected chi connectivity index (χ0v) is 21.6. The van der Waals surface area contributed by atoms with Gasteiger partial charge in [-0.2, -0.15) is 13.2 Å². The van der Waals surface area contributed by atoms with E-state index in [2.05, 4.69) is 43.6 Å². The zero-order valence-electron chi connectivity index (χ0n) is 21.6. The average Bonchev–Trinajstić information content (AvgIpc) is 3.56. The second-order valence-corrected chi connectivity index (χ2v) is 9.25. The number of amides is 2. The second-order valence-electron chi connectivity index (χ2n) is 9.25. The number of nitrogens with one attached hydrogen (secondary N) is 2. The number of carbonyl (C=O) groups excluding carboxylic acids is 2. The van der Waals surface area contributed by atoms with Crippen LogP contribution in [-0.2, 0) is 20.9 Å². The molecule has 1 aromatic carbocycles. The van der Waals surface area contributed by atoms with Crippen LogP contribution in [0.4, 0.5) is 18.9 Å². The number of carboxylic acids is 1. The number of anilines is 1. The van der Waals surface area contributed by atoms with Gasteiger partial charge in [-0.15, -0.1) is 0 Å². The summed E-state index contributed by atoms with van der Waals surface area (Å²) < 4.78 is 33.8. The van der Waals surface area contributed by atoms with E-state index in [4.69, 9.17) is 9.90 Å². The Balaban J connectivity index is 0.000000532. The van der Waals surface area contributed by atoms with Gasteiger partial charge in [-0.25, -0.2) is 14.8 Å². The molecule has 4 rings (SSSR count). The van der Waals surface area contributed by atoms with E-state index in [0.717, 1.165) is 17.2 Å². The average molecular weight is 550 g/mol. The molecule has 1 aliphatic heterocycles. The molecule has 1 atom stereocenters. The fourth-order valence-corrected chi connectivity index (χ4v) is 4.04. The summed E-state index contributed by atoms with van der Waals surface area (Å²) in [6.45, 7) is 6.44. The first kappa shape index (κ1) is 29.4. The van der Waals surface area contributed by atoms with Gasteiger partial charge in [0, 0.05) is 62.6 Å². The van der Waals surface area contributed by atoms with Crippen LogP contribution in [0.2, 0.25) is 0 Å². The van der Waals surface area contributed by atoms with Crippen LogP contribution >= 0.6 is 0 Å². The van der Waals surface area contributed by atoms with E-state index in [1.54, 1.807) is 29.6 Å². The molecular formula is C25H30F3N7O4. The molecule has 0 radical (unpaired) electrons. The minimum Gasteiger partial charge on any atom is -0.475 e. The van der Waals surface area contributed by atoms with Crippen LogP contribution in [-0.4, -0.2) is 85.1 Å². The maximum atomic E-state index is 12.8. The lowest BCUT2D eigenvalue weighted by Crippen LogP contribution is -2.52. The Morgan fingerprint density at radius 1 is 1.18 bits per heavy atom. The zero-order chi connectivity index (χ0) is 28.7. The molecule has 3 N–H and O–H groups in total. The van der Waals surface area contributed by atoms with Crippen LogP contribution in [0.25, 0.3) is 0 Å². The van der Waals surface area contributed by atoms with Crippen molar-refractivity contribution in [2.24, 2.45) is 0 Å². The van der Waals surface area contributed by atoms with Crippen LogP contribution in [0.15, 0.2) is 49.1 Å². The van der Waals surface area contributed by atoms with Crippen molar-refractivity contribution in [3.05, 3.63) is 66.3 Å². The smallest absolute Gasteiger partial charge is 0.475 e. The molecule has 39 heavy (non-hydrogen) atoms. The highest BCUT2D eigenvalue weighted by molar-refractivity contribution is 6.39. The van der Waals surface area contributed by atoms with Crippen LogP contribution in [0.1, 0.15) is 43.0 Å². The van der Waals surface area contributed by atoms with Crippen molar-refractivity contribution in [3.8, 4) is 0 Å². The van der Waals surface area contributed by atoms with Crippen LogP contribution in [0.5, 0.6) is 0 Å². The maximum Gasteiger partial charge on any atom is 0.490 e. The van der Waals surface area contributed by atoms with Crippen molar-refractivity contribution in [1.29, 1.82) is 0 Å². The number of halogens is 3. The minimum absolute atomic E-state index is 0.0656. The lowest BCUT2D eigenvalue weighted by atomic mass is 10.1. The lowest BCUT2D eigenvalue weighted by molar-refractivity contribution is -0.192. The number of alkyl halides is 3. The molecule has 3 aromatic rings. The van der Waals surface area contributed by atoms with Crippen molar-refractivity contribution in [1.82, 2.24) is 29.3 Å². The molecule has 0 spiro atoms. The first-order chi connectivity index (χ1) is 18.4. The van der Waals surface area contributed by atoms with E-state index < -0.39 is 24.0 Å². The second kappa shape index (κ2) is 12.6. The number of carboxylic acid groups (broad SMARTS) is 1. The minimum atomic E-state index is -5.08.